The molecule has 0 unspecified atom stereocenters. The van der Waals surface area contributed by atoms with Gasteiger partial charge in [0.2, 0.25) is 0 Å². The lowest BCUT2D eigenvalue weighted by molar-refractivity contribution is 0.0985. The molecule has 0 N–H and O–H groups in total. The number of rotatable bonds is 3. The lowest BCUT2D eigenvalue weighted by Crippen LogP contribution is -2.35. The maximum Gasteiger partial charge on any atom is 0.262 e. The van der Waals surface area contributed by atoms with E-state index in [0.717, 1.165) is 24.1 Å². The molecular formula is C19H19N3O3. The van der Waals surface area contributed by atoms with Crippen LogP contribution in [0.25, 0.3) is 5.52 Å². The van der Waals surface area contributed by atoms with E-state index in [1.54, 1.807) is 36.0 Å². The molecule has 0 radical (unpaired) electrons. The molecule has 6 nitrogen and oxygen atoms in total. The average molecular weight is 337 g/mol. The Morgan fingerprint density at radius 1 is 1.12 bits per heavy atom. The zero-order valence-electron chi connectivity index (χ0n) is 14.2. The normalized spacial score (nSPS) is 13.6. The summed E-state index contributed by atoms with van der Waals surface area (Å²) in [6.45, 7) is 0.651. The van der Waals surface area contributed by atoms with E-state index in [1.807, 2.05) is 30.3 Å². The van der Waals surface area contributed by atoms with Crippen LogP contribution in [0.2, 0.25) is 0 Å². The Hall–Kier alpha value is -3.02. The Labute approximate surface area is 145 Å². The average Bonchev–Trinajstić information content (AvgIpc) is 3.10. The van der Waals surface area contributed by atoms with E-state index in [9.17, 15) is 4.79 Å². The number of carbonyl (C=O) groups excluding carboxylic acids is 1. The highest BCUT2D eigenvalue weighted by Crippen LogP contribution is 2.37. The number of para-hydroxylation sites is 1. The Balaban J connectivity index is 1.84. The summed E-state index contributed by atoms with van der Waals surface area (Å²) in [6, 6.07) is 9.57. The lowest BCUT2D eigenvalue weighted by Gasteiger charge is -2.30. The van der Waals surface area contributed by atoms with Crippen LogP contribution in [-0.2, 0) is 6.42 Å². The van der Waals surface area contributed by atoms with Crippen molar-refractivity contribution in [1.82, 2.24) is 9.61 Å². The summed E-state index contributed by atoms with van der Waals surface area (Å²) in [7, 11) is 3.22. The highest BCUT2D eigenvalue weighted by molar-refractivity contribution is 6.12. The molecule has 0 atom stereocenters. The van der Waals surface area contributed by atoms with E-state index in [2.05, 4.69) is 5.10 Å². The minimum Gasteiger partial charge on any atom is -0.495 e. The highest BCUT2D eigenvalue weighted by Gasteiger charge is 2.29. The minimum atomic E-state index is -0.0926. The fraction of sp³-hybridized carbons (Fsp3) is 0.263. The van der Waals surface area contributed by atoms with Crippen molar-refractivity contribution in [1.29, 1.82) is 0 Å². The second-order valence-electron chi connectivity index (χ2n) is 5.96. The van der Waals surface area contributed by atoms with Crippen LogP contribution in [0.15, 0.2) is 42.7 Å². The third kappa shape index (κ3) is 2.41. The van der Waals surface area contributed by atoms with Gasteiger partial charge in [-0.1, -0.05) is 12.1 Å². The van der Waals surface area contributed by atoms with Crippen LogP contribution in [0.1, 0.15) is 22.3 Å². The monoisotopic (exact) mass is 337 g/mol. The van der Waals surface area contributed by atoms with Crippen LogP contribution >= 0.6 is 0 Å². The number of fused-ring (bicyclic) bond motifs is 2. The van der Waals surface area contributed by atoms with Gasteiger partial charge in [-0.05, 0) is 36.6 Å². The van der Waals surface area contributed by atoms with E-state index in [4.69, 9.17) is 9.47 Å². The molecule has 1 aliphatic rings. The smallest absolute Gasteiger partial charge is 0.262 e. The predicted octanol–water partition coefficient (Wildman–Crippen LogP) is 2.94. The molecule has 2 aromatic heterocycles. The third-order valence-corrected chi connectivity index (χ3v) is 4.60. The SMILES string of the molecule is COc1cccc2c1N(C(=O)c1cnn3cccc(OC)c13)CCC2. The number of aryl methyl sites for hydroxylation is 1. The number of benzene rings is 1. The zero-order chi connectivity index (χ0) is 17.4. The molecule has 0 saturated heterocycles. The topological polar surface area (TPSA) is 56.1 Å². The number of aromatic nitrogens is 2. The second kappa shape index (κ2) is 6.12. The first-order valence-electron chi connectivity index (χ1n) is 8.22. The van der Waals surface area contributed by atoms with Gasteiger partial charge in [-0.15, -0.1) is 0 Å². The quantitative estimate of drug-likeness (QED) is 0.737. The Morgan fingerprint density at radius 3 is 2.72 bits per heavy atom. The molecule has 0 bridgehead atoms. The van der Waals surface area contributed by atoms with Crippen LogP contribution in [0.4, 0.5) is 5.69 Å². The molecule has 3 heterocycles. The number of anilines is 1. The fourth-order valence-electron chi connectivity index (χ4n) is 3.46. The van der Waals surface area contributed by atoms with Crippen molar-refractivity contribution in [2.75, 3.05) is 25.7 Å². The van der Waals surface area contributed by atoms with Gasteiger partial charge < -0.3 is 14.4 Å². The van der Waals surface area contributed by atoms with Gasteiger partial charge in [0.05, 0.1) is 31.7 Å². The van der Waals surface area contributed by atoms with Crippen molar-refractivity contribution in [2.24, 2.45) is 0 Å². The summed E-state index contributed by atoms with van der Waals surface area (Å²) in [4.78, 5) is 15.1. The largest absolute Gasteiger partial charge is 0.495 e. The van der Waals surface area contributed by atoms with Crippen molar-refractivity contribution in [3.05, 3.63) is 53.9 Å². The van der Waals surface area contributed by atoms with Crippen LogP contribution in [0.3, 0.4) is 0 Å². The number of carbonyl (C=O) groups is 1. The van der Waals surface area contributed by atoms with E-state index in [1.165, 1.54) is 0 Å². The molecule has 0 fully saturated rings. The van der Waals surface area contributed by atoms with Crippen molar-refractivity contribution >= 4 is 17.1 Å². The van der Waals surface area contributed by atoms with Gasteiger partial charge in [0.25, 0.3) is 5.91 Å². The molecule has 3 aromatic rings. The standard InChI is InChI=1S/C19H19N3O3/c1-24-15-8-3-6-13-7-4-10-21(17(13)15)19(23)14-12-20-22-11-5-9-16(25-2)18(14)22/h3,5-6,8-9,11-12H,4,7,10H2,1-2H3. The summed E-state index contributed by atoms with van der Waals surface area (Å²) in [5.41, 5.74) is 3.19. The van der Waals surface area contributed by atoms with E-state index in [-0.39, 0.29) is 5.91 Å². The second-order valence-corrected chi connectivity index (χ2v) is 5.96. The molecule has 128 valence electrons. The van der Waals surface area contributed by atoms with Gasteiger partial charge >= 0.3 is 0 Å². The number of hydrogen-bond donors (Lipinski definition) is 0. The molecule has 4 rings (SSSR count). The number of nitrogens with zero attached hydrogens (tertiary/aromatic N) is 3. The number of hydrogen-bond acceptors (Lipinski definition) is 4. The Bertz CT molecular complexity index is 934. The molecule has 0 saturated carbocycles. The Kier molecular flexibility index (Phi) is 3.80. The summed E-state index contributed by atoms with van der Waals surface area (Å²) < 4.78 is 12.6. The summed E-state index contributed by atoms with van der Waals surface area (Å²) in [5, 5.41) is 4.30. The molecule has 1 aliphatic heterocycles. The molecule has 6 heteroatoms. The van der Waals surface area contributed by atoms with Gasteiger partial charge in [0.1, 0.15) is 17.0 Å². The number of amides is 1. The first kappa shape index (κ1) is 15.5. The molecule has 0 aliphatic carbocycles. The molecular weight excluding hydrogens is 318 g/mol. The van der Waals surface area contributed by atoms with Crippen LogP contribution < -0.4 is 14.4 Å². The molecule has 0 spiro atoms. The zero-order valence-corrected chi connectivity index (χ0v) is 14.2. The molecule has 1 amide bonds. The van der Waals surface area contributed by atoms with E-state index in [0.29, 0.717) is 29.1 Å². The summed E-state index contributed by atoms with van der Waals surface area (Å²) in [6.07, 6.45) is 5.26. The fourth-order valence-corrected chi connectivity index (χ4v) is 3.46. The maximum atomic E-state index is 13.3. The molecule has 1 aromatic carbocycles. The maximum absolute atomic E-state index is 13.3. The van der Waals surface area contributed by atoms with Crippen LogP contribution in [-0.4, -0.2) is 36.3 Å². The van der Waals surface area contributed by atoms with Crippen molar-refractivity contribution in [3.8, 4) is 11.5 Å². The summed E-state index contributed by atoms with van der Waals surface area (Å²) in [5.74, 6) is 1.25. The van der Waals surface area contributed by atoms with E-state index < -0.39 is 0 Å². The van der Waals surface area contributed by atoms with Gasteiger partial charge in [0.15, 0.2) is 0 Å². The highest BCUT2D eigenvalue weighted by atomic mass is 16.5. The Morgan fingerprint density at radius 2 is 1.92 bits per heavy atom. The summed E-state index contributed by atoms with van der Waals surface area (Å²) >= 11 is 0. The van der Waals surface area contributed by atoms with Crippen molar-refractivity contribution < 1.29 is 14.3 Å². The predicted molar refractivity (Wildman–Crippen MR) is 94.7 cm³/mol. The van der Waals surface area contributed by atoms with Crippen LogP contribution in [0.5, 0.6) is 11.5 Å². The van der Waals surface area contributed by atoms with Crippen molar-refractivity contribution in [2.45, 2.75) is 12.8 Å². The van der Waals surface area contributed by atoms with E-state index >= 15 is 0 Å². The third-order valence-electron chi connectivity index (χ3n) is 4.60. The molecule has 25 heavy (non-hydrogen) atoms. The number of ether oxygens (including phenoxy) is 2. The van der Waals surface area contributed by atoms with Crippen molar-refractivity contribution in [3.63, 3.8) is 0 Å². The van der Waals surface area contributed by atoms with Crippen LogP contribution in [0, 0.1) is 0 Å². The lowest BCUT2D eigenvalue weighted by atomic mass is 10.00. The minimum absolute atomic E-state index is 0.0926. The number of methoxy groups -OCH3 is 2. The van der Waals surface area contributed by atoms with Gasteiger partial charge in [-0.25, -0.2) is 4.52 Å². The van der Waals surface area contributed by atoms with Gasteiger partial charge in [-0.2, -0.15) is 5.10 Å². The first-order chi connectivity index (χ1) is 12.2. The van der Waals surface area contributed by atoms with Gasteiger partial charge in [0, 0.05) is 12.7 Å². The van der Waals surface area contributed by atoms with Gasteiger partial charge in [-0.3, -0.25) is 4.79 Å². The number of pyridine rings is 1. The first-order valence-corrected chi connectivity index (χ1v) is 8.22.